The molecule has 0 saturated carbocycles. The molecule has 0 fully saturated rings. The Labute approximate surface area is 82.6 Å². The van der Waals surface area contributed by atoms with Crippen LogP contribution in [0.4, 0.5) is 13.2 Å². The molecule has 0 aliphatic carbocycles. The maximum atomic E-state index is 13.8. The van der Waals surface area contributed by atoms with Crippen LogP contribution in [0, 0.1) is 5.92 Å². The molecule has 0 radical (unpaired) electrons. The number of halogens is 3. The van der Waals surface area contributed by atoms with E-state index >= 15 is 0 Å². The molecule has 0 aliphatic rings. The lowest BCUT2D eigenvalue weighted by atomic mass is 9.86. The molecule has 0 aromatic rings. The summed E-state index contributed by atoms with van der Waals surface area (Å²) in [5.41, 5.74) is 3.99. The minimum Gasteiger partial charge on any atom is -0.325 e. The Morgan fingerprint density at radius 1 is 1.36 bits per heavy atom. The summed E-state index contributed by atoms with van der Waals surface area (Å²) in [6.45, 7) is 1.75. The van der Waals surface area contributed by atoms with Crippen LogP contribution in [0.25, 0.3) is 0 Å². The molecule has 2 N–H and O–H groups in total. The van der Waals surface area contributed by atoms with Gasteiger partial charge in [0.25, 0.3) is 0 Å². The fraction of sp³-hybridized carbons (Fsp3) is 1.00. The van der Waals surface area contributed by atoms with Gasteiger partial charge in [0.1, 0.15) is 5.67 Å². The highest BCUT2D eigenvalue weighted by molar-refractivity contribution is 4.88. The van der Waals surface area contributed by atoms with Crippen molar-refractivity contribution in [2.24, 2.45) is 11.7 Å². The van der Waals surface area contributed by atoms with Crippen LogP contribution in [0.15, 0.2) is 0 Å². The lowest BCUT2D eigenvalue weighted by molar-refractivity contribution is -0.132. The summed E-state index contributed by atoms with van der Waals surface area (Å²) in [4.78, 5) is 0. The quantitative estimate of drug-likeness (QED) is 0.735. The van der Waals surface area contributed by atoms with Crippen molar-refractivity contribution >= 4 is 0 Å². The molecular weight excluding hydrogens is 195 g/mol. The predicted molar refractivity (Wildman–Crippen MR) is 48.9 cm³/mol. The van der Waals surface area contributed by atoms with E-state index in [1.54, 1.807) is 13.8 Å². The first-order chi connectivity index (χ1) is 6.28. The third kappa shape index (κ3) is 4.28. The predicted octanol–water partition coefficient (Wildman–Crippen LogP) is 2.33. The van der Waals surface area contributed by atoms with Gasteiger partial charge in [0.05, 0.1) is 6.61 Å². The molecular formula is C9H18F3NO. The normalized spacial score (nSPS) is 18.6. The Hall–Kier alpha value is -0.290. The zero-order valence-corrected chi connectivity index (χ0v) is 8.77. The van der Waals surface area contributed by atoms with Crippen LogP contribution in [-0.4, -0.2) is 24.9 Å². The van der Waals surface area contributed by atoms with Crippen molar-refractivity contribution in [3.63, 3.8) is 0 Å². The Morgan fingerprint density at radius 2 is 1.86 bits per heavy atom. The summed E-state index contributed by atoms with van der Waals surface area (Å²) in [5.74, 6) is -0.246. The van der Waals surface area contributed by atoms with Gasteiger partial charge in [-0.3, -0.25) is 0 Å². The number of alkyl halides is 3. The fourth-order valence-corrected chi connectivity index (χ4v) is 0.994. The minimum absolute atomic E-state index is 0.0928. The fourth-order valence-electron chi connectivity index (χ4n) is 0.994. The van der Waals surface area contributed by atoms with Crippen LogP contribution in [0.1, 0.15) is 27.2 Å². The number of ether oxygens (including phenoxy) is 1. The van der Waals surface area contributed by atoms with E-state index in [-0.39, 0.29) is 18.9 Å². The van der Waals surface area contributed by atoms with Crippen LogP contribution in [0.5, 0.6) is 0 Å². The molecule has 0 aromatic carbocycles. The van der Waals surface area contributed by atoms with Crippen molar-refractivity contribution in [3.05, 3.63) is 0 Å². The smallest absolute Gasteiger partial charge is 0.325 e. The van der Waals surface area contributed by atoms with Gasteiger partial charge < -0.3 is 10.5 Å². The van der Waals surface area contributed by atoms with Crippen molar-refractivity contribution < 1.29 is 17.9 Å². The van der Waals surface area contributed by atoms with E-state index in [1.807, 2.05) is 0 Å². The standard InChI is InChI=1S/C9H18F3NO/c1-6(2)9(3,12)7(13)4-5-14-8(10)11/h6-8H,4-5,13H2,1-3H3. The highest BCUT2D eigenvalue weighted by Crippen LogP contribution is 2.26. The summed E-state index contributed by atoms with van der Waals surface area (Å²) < 4.78 is 40.9. The van der Waals surface area contributed by atoms with Crippen molar-refractivity contribution in [2.45, 2.75) is 45.5 Å². The van der Waals surface area contributed by atoms with Crippen molar-refractivity contribution in [3.8, 4) is 0 Å². The second kappa shape index (κ2) is 5.56. The molecule has 86 valence electrons. The summed E-state index contributed by atoms with van der Waals surface area (Å²) in [6, 6.07) is -0.777. The molecule has 0 spiro atoms. The third-order valence-electron chi connectivity index (χ3n) is 2.53. The molecule has 2 unspecified atom stereocenters. The van der Waals surface area contributed by atoms with Crippen LogP contribution < -0.4 is 5.73 Å². The minimum atomic E-state index is -2.81. The Morgan fingerprint density at radius 3 is 2.21 bits per heavy atom. The van der Waals surface area contributed by atoms with Gasteiger partial charge in [-0.15, -0.1) is 0 Å². The molecule has 0 rings (SSSR count). The summed E-state index contributed by atoms with van der Waals surface area (Å²) >= 11 is 0. The van der Waals surface area contributed by atoms with Gasteiger partial charge in [0.15, 0.2) is 0 Å². The van der Waals surface area contributed by atoms with E-state index in [2.05, 4.69) is 4.74 Å². The second-order valence-corrected chi connectivity index (χ2v) is 3.83. The SMILES string of the molecule is CC(C)C(C)(F)C(N)CCOC(F)F. The van der Waals surface area contributed by atoms with Crippen LogP contribution >= 0.6 is 0 Å². The summed E-state index contributed by atoms with van der Waals surface area (Å²) in [5, 5.41) is 0. The average Bonchev–Trinajstić information content (AvgIpc) is 2.02. The summed E-state index contributed by atoms with van der Waals surface area (Å²) in [7, 11) is 0. The molecule has 0 saturated heterocycles. The number of hydrogen-bond donors (Lipinski definition) is 1. The van der Waals surface area contributed by atoms with E-state index in [0.717, 1.165) is 0 Å². The Bertz CT molecular complexity index is 162. The van der Waals surface area contributed by atoms with Crippen LogP contribution in [0.3, 0.4) is 0 Å². The van der Waals surface area contributed by atoms with Gasteiger partial charge >= 0.3 is 6.61 Å². The van der Waals surface area contributed by atoms with Crippen molar-refractivity contribution in [1.29, 1.82) is 0 Å². The van der Waals surface area contributed by atoms with E-state index in [0.29, 0.717) is 0 Å². The van der Waals surface area contributed by atoms with E-state index < -0.39 is 18.3 Å². The number of nitrogens with two attached hydrogens (primary N) is 1. The van der Waals surface area contributed by atoms with Crippen molar-refractivity contribution in [2.75, 3.05) is 6.61 Å². The van der Waals surface area contributed by atoms with Gasteiger partial charge in [-0.05, 0) is 19.3 Å². The number of hydrogen-bond acceptors (Lipinski definition) is 2. The van der Waals surface area contributed by atoms with Gasteiger partial charge in [0, 0.05) is 6.04 Å². The highest BCUT2D eigenvalue weighted by atomic mass is 19.3. The molecule has 14 heavy (non-hydrogen) atoms. The first kappa shape index (κ1) is 13.7. The zero-order chi connectivity index (χ0) is 11.4. The molecule has 2 nitrogen and oxygen atoms in total. The van der Waals surface area contributed by atoms with Gasteiger partial charge in [0.2, 0.25) is 0 Å². The maximum absolute atomic E-state index is 13.8. The lowest BCUT2D eigenvalue weighted by Crippen LogP contribution is -2.46. The lowest BCUT2D eigenvalue weighted by Gasteiger charge is -2.31. The van der Waals surface area contributed by atoms with E-state index in [9.17, 15) is 13.2 Å². The third-order valence-corrected chi connectivity index (χ3v) is 2.53. The average molecular weight is 213 g/mol. The van der Waals surface area contributed by atoms with Gasteiger partial charge in [-0.1, -0.05) is 13.8 Å². The molecule has 0 heterocycles. The number of rotatable bonds is 6. The van der Waals surface area contributed by atoms with Gasteiger partial charge in [-0.2, -0.15) is 8.78 Å². The first-order valence-corrected chi connectivity index (χ1v) is 4.62. The molecule has 0 amide bonds. The monoisotopic (exact) mass is 213 g/mol. The zero-order valence-electron chi connectivity index (χ0n) is 8.77. The topological polar surface area (TPSA) is 35.2 Å². The van der Waals surface area contributed by atoms with Crippen LogP contribution in [0.2, 0.25) is 0 Å². The molecule has 0 aliphatic heterocycles. The van der Waals surface area contributed by atoms with E-state index in [1.165, 1.54) is 6.92 Å². The highest BCUT2D eigenvalue weighted by Gasteiger charge is 2.34. The molecule has 2 atom stereocenters. The Kier molecular flexibility index (Phi) is 5.44. The second-order valence-electron chi connectivity index (χ2n) is 3.83. The van der Waals surface area contributed by atoms with Crippen molar-refractivity contribution in [1.82, 2.24) is 0 Å². The van der Waals surface area contributed by atoms with Gasteiger partial charge in [-0.25, -0.2) is 4.39 Å². The van der Waals surface area contributed by atoms with Crippen LogP contribution in [-0.2, 0) is 4.74 Å². The maximum Gasteiger partial charge on any atom is 0.345 e. The summed E-state index contributed by atoms with van der Waals surface area (Å²) in [6.07, 6.45) is 0.0928. The molecule has 5 heteroatoms. The molecule has 0 bridgehead atoms. The molecule has 0 aromatic heterocycles. The largest absolute Gasteiger partial charge is 0.345 e. The Balaban J connectivity index is 3.89. The van der Waals surface area contributed by atoms with E-state index in [4.69, 9.17) is 5.73 Å². The first-order valence-electron chi connectivity index (χ1n) is 4.62.